The number of hydrogen-bond donors (Lipinski definition) is 1. The fraction of sp³-hybridized carbons (Fsp3) is 0.412. The van der Waals surface area contributed by atoms with Gasteiger partial charge in [0, 0.05) is 21.7 Å². The van der Waals surface area contributed by atoms with Crippen molar-refractivity contribution in [2.24, 2.45) is 0 Å². The van der Waals surface area contributed by atoms with E-state index in [1.807, 2.05) is 11.3 Å². The number of aryl methyl sites for hydroxylation is 1. The Morgan fingerprint density at radius 3 is 2.90 bits per heavy atom. The van der Waals surface area contributed by atoms with Gasteiger partial charge in [0.05, 0.1) is 6.61 Å². The zero-order valence-electron chi connectivity index (χ0n) is 12.1. The van der Waals surface area contributed by atoms with Crippen LogP contribution in [-0.2, 0) is 0 Å². The number of likely N-dealkylation sites (N-methyl/N-ethyl adjacent to an activating group) is 1. The first-order chi connectivity index (χ1) is 9.79. The lowest BCUT2D eigenvalue weighted by molar-refractivity contribution is 0.247. The van der Waals surface area contributed by atoms with Crippen molar-refractivity contribution in [3.8, 4) is 5.75 Å². The normalized spacial score (nSPS) is 19.2. The number of fused-ring (bicyclic) bond motifs is 1. The van der Waals surface area contributed by atoms with Crippen molar-refractivity contribution in [3.05, 3.63) is 51.7 Å². The second-order valence-corrected chi connectivity index (χ2v) is 6.58. The van der Waals surface area contributed by atoms with E-state index in [4.69, 9.17) is 4.74 Å². The molecule has 1 aliphatic rings. The van der Waals surface area contributed by atoms with Crippen LogP contribution in [-0.4, -0.2) is 13.2 Å². The molecule has 1 N–H and O–H groups in total. The van der Waals surface area contributed by atoms with Crippen LogP contribution in [0.5, 0.6) is 5.75 Å². The Kier molecular flexibility index (Phi) is 4.08. The van der Waals surface area contributed by atoms with E-state index in [0.717, 1.165) is 25.3 Å². The molecule has 2 aromatic rings. The van der Waals surface area contributed by atoms with Crippen molar-refractivity contribution in [2.45, 2.75) is 32.2 Å². The summed E-state index contributed by atoms with van der Waals surface area (Å²) in [6.07, 6.45) is 1.08. The Bertz CT molecular complexity index is 578. The summed E-state index contributed by atoms with van der Waals surface area (Å²) in [5.74, 6) is 1.55. The number of para-hydroxylation sites is 1. The predicted octanol–water partition coefficient (Wildman–Crippen LogP) is 4.27. The minimum Gasteiger partial charge on any atom is -0.493 e. The summed E-state index contributed by atoms with van der Waals surface area (Å²) in [5, 5.41) is 3.68. The highest BCUT2D eigenvalue weighted by atomic mass is 32.1. The van der Waals surface area contributed by atoms with E-state index in [0.29, 0.717) is 12.0 Å². The van der Waals surface area contributed by atoms with Gasteiger partial charge in [-0.05, 0) is 43.7 Å². The predicted molar refractivity (Wildman–Crippen MR) is 84.8 cm³/mol. The van der Waals surface area contributed by atoms with Gasteiger partial charge < -0.3 is 10.1 Å². The van der Waals surface area contributed by atoms with Crippen molar-refractivity contribution >= 4 is 11.3 Å². The van der Waals surface area contributed by atoms with Crippen LogP contribution in [0.3, 0.4) is 0 Å². The average Bonchev–Trinajstić information content (AvgIpc) is 2.91. The summed E-state index contributed by atoms with van der Waals surface area (Å²) in [5.41, 5.74) is 1.34. The number of thiophene rings is 1. The van der Waals surface area contributed by atoms with E-state index < -0.39 is 0 Å². The Morgan fingerprint density at radius 2 is 2.15 bits per heavy atom. The number of ether oxygens (including phenoxy) is 1. The SMILES string of the molecule is CCNC(c1ccc(C)s1)C1CCOc2ccccc21. The molecule has 0 radical (unpaired) electrons. The van der Waals surface area contributed by atoms with Crippen LogP contribution in [0.4, 0.5) is 0 Å². The maximum atomic E-state index is 5.80. The van der Waals surface area contributed by atoms with Gasteiger partial charge in [-0.3, -0.25) is 0 Å². The van der Waals surface area contributed by atoms with Crippen molar-refractivity contribution in [2.75, 3.05) is 13.2 Å². The topological polar surface area (TPSA) is 21.3 Å². The van der Waals surface area contributed by atoms with E-state index in [2.05, 4.69) is 55.6 Å². The van der Waals surface area contributed by atoms with Gasteiger partial charge in [0.25, 0.3) is 0 Å². The van der Waals surface area contributed by atoms with Gasteiger partial charge in [-0.1, -0.05) is 25.1 Å². The van der Waals surface area contributed by atoms with Crippen molar-refractivity contribution in [1.29, 1.82) is 0 Å². The van der Waals surface area contributed by atoms with E-state index in [1.165, 1.54) is 15.3 Å². The second kappa shape index (κ2) is 5.98. The Labute approximate surface area is 124 Å². The largest absolute Gasteiger partial charge is 0.493 e. The molecular weight excluding hydrogens is 266 g/mol. The van der Waals surface area contributed by atoms with Gasteiger partial charge in [-0.2, -0.15) is 0 Å². The smallest absolute Gasteiger partial charge is 0.122 e. The van der Waals surface area contributed by atoms with Gasteiger partial charge in [-0.25, -0.2) is 0 Å². The average molecular weight is 287 g/mol. The maximum Gasteiger partial charge on any atom is 0.122 e. The maximum absolute atomic E-state index is 5.80. The number of nitrogens with one attached hydrogen (secondary N) is 1. The lowest BCUT2D eigenvalue weighted by Gasteiger charge is -2.32. The first-order valence-corrected chi connectivity index (χ1v) is 8.12. The summed E-state index contributed by atoms with van der Waals surface area (Å²) < 4.78 is 5.80. The molecule has 2 heterocycles. The Morgan fingerprint density at radius 1 is 1.30 bits per heavy atom. The summed E-state index contributed by atoms with van der Waals surface area (Å²) >= 11 is 1.90. The molecule has 0 saturated heterocycles. The standard InChI is InChI=1S/C17H21NOS/c1-3-18-17(16-9-8-12(2)20-16)14-10-11-19-15-7-5-4-6-13(14)15/h4-9,14,17-18H,3,10-11H2,1-2H3. The summed E-state index contributed by atoms with van der Waals surface area (Å²) in [6, 6.07) is 13.3. The summed E-state index contributed by atoms with van der Waals surface area (Å²) in [6.45, 7) is 6.16. The summed E-state index contributed by atoms with van der Waals surface area (Å²) in [4.78, 5) is 2.81. The van der Waals surface area contributed by atoms with Crippen LogP contribution >= 0.6 is 11.3 Å². The van der Waals surface area contributed by atoms with Crippen LogP contribution in [0.1, 0.15) is 40.6 Å². The highest BCUT2D eigenvalue weighted by molar-refractivity contribution is 7.12. The highest BCUT2D eigenvalue weighted by Gasteiger charge is 2.30. The molecule has 2 atom stereocenters. The molecule has 1 aromatic heterocycles. The van der Waals surface area contributed by atoms with Crippen LogP contribution in [0.2, 0.25) is 0 Å². The van der Waals surface area contributed by atoms with Crippen molar-refractivity contribution in [3.63, 3.8) is 0 Å². The van der Waals surface area contributed by atoms with E-state index in [9.17, 15) is 0 Å². The third kappa shape index (κ3) is 2.60. The molecule has 0 spiro atoms. The van der Waals surface area contributed by atoms with E-state index in [1.54, 1.807) is 0 Å². The number of hydrogen-bond acceptors (Lipinski definition) is 3. The lowest BCUT2D eigenvalue weighted by Crippen LogP contribution is -2.29. The molecule has 1 aliphatic heterocycles. The molecular formula is C17H21NOS. The zero-order valence-corrected chi connectivity index (χ0v) is 12.9. The third-order valence-electron chi connectivity index (χ3n) is 3.90. The van der Waals surface area contributed by atoms with Gasteiger partial charge in [0.1, 0.15) is 5.75 Å². The first-order valence-electron chi connectivity index (χ1n) is 7.31. The van der Waals surface area contributed by atoms with Crippen LogP contribution in [0, 0.1) is 6.92 Å². The van der Waals surface area contributed by atoms with Crippen LogP contribution < -0.4 is 10.1 Å². The van der Waals surface area contributed by atoms with Gasteiger partial charge in [-0.15, -0.1) is 11.3 Å². The van der Waals surface area contributed by atoms with Crippen LogP contribution in [0.15, 0.2) is 36.4 Å². The minimum atomic E-state index is 0.392. The quantitative estimate of drug-likeness (QED) is 0.906. The molecule has 0 amide bonds. The number of rotatable bonds is 4. The molecule has 3 heteroatoms. The monoisotopic (exact) mass is 287 g/mol. The van der Waals surface area contributed by atoms with Gasteiger partial charge in [0.2, 0.25) is 0 Å². The Hall–Kier alpha value is -1.32. The molecule has 20 heavy (non-hydrogen) atoms. The second-order valence-electron chi connectivity index (χ2n) is 5.27. The summed E-state index contributed by atoms with van der Waals surface area (Å²) in [7, 11) is 0. The molecule has 2 unspecified atom stereocenters. The van der Waals surface area contributed by atoms with Gasteiger partial charge >= 0.3 is 0 Å². The van der Waals surface area contributed by atoms with Crippen LogP contribution in [0.25, 0.3) is 0 Å². The molecule has 0 fully saturated rings. The van der Waals surface area contributed by atoms with Gasteiger partial charge in [0.15, 0.2) is 0 Å². The molecule has 0 bridgehead atoms. The molecule has 2 nitrogen and oxygen atoms in total. The van der Waals surface area contributed by atoms with Crippen molar-refractivity contribution < 1.29 is 4.74 Å². The third-order valence-corrected chi connectivity index (χ3v) is 4.98. The van der Waals surface area contributed by atoms with Crippen molar-refractivity contribution in [1.82, 2.24) is 5.32 Å². The highest BCUT2D eigenvalue weighted by Crippen LogP contribution is 2.42. The first kappa shape index (κ1) is 13.7. The molecule has 106 valence electrons. The van der Waals surface area contributed by atoms with E-state index >= 15 is 0 Å². The number of benzene rings is 1. The van der Waals surface area contributed by atoms with E-state index in [-0.39, 0.29) is 0 Å². The zero-order chi connectivity index (χ0) is 13.9. The molecule has 1 aromatic carbocycles. The Balaban J connectivity index is 1.96. The molecule has 0 aliphatic carbocycles. The molecule has 3 rings (SSSR count). The fourth-order valence-electron chi connectivity index (χ4n) is 3.00. The molecule has 0 saturated carbocycles. The fourth-order valence-corrected chi connectivity index (χ4v) is 4.02. The lowest BCUT2D eigenvalue weighted by atomic mass is 9.86. The minimum absolute atomic E-state index is 0.392.